The maximum atomic E-state index is 15.1. The van der Waals surface area contributed by atoms with Crippen LogP contribution in [-0.2, 0) is 19.8 Å². The van der Waals surface area contributed by atoms with Crippen LogP contribution in [0.25, 0.3) is 0 Å². The molecular weight excluding hydrogens is 570 g/mol. The number of hydrogen-bond donors (Lipinski definition) is 0. The molecule has 1 unspecified atom stereocenters. The van der Waals surface area contributed by atoms with Gasteiger partial charge < -0.3 is 14.3 Å². The van der Waals surface area contributed by atoms with Crippen LogP contribution < -0.4 is 0 Å². The SMILES string of the molecule is CC1[C@@](C)(C=O)SC(N(COCC[Si](C)(C)C)C(=O)OC(C)(C)C)=N[C@]1(CF)c1cc(Br)ccc1F. The quantitative estimate of drug-likeness (QED) is 0.138. The van der Waals surface area contributed by atoms with Gasteiger partial charge in [-0.2, -0.15) is 0 Å². The normalized spacial score (nSPS) is 24.8. The fourth-order valence-corrected chi connectivity index (χ4v) is 6.05. The third-order valence-electron chi connectivity index (χ3n) is 6.08. The molecule has 0 spiro atoms. The molecule has 202 valence electrons. The Labute approximate surface area is 226 Å². The molecule has 0 radical (unpaired) electrons. The second-order valence-electron chi connectivity index (χ2n) is 11.5. The Balaban J connectivity index is 2.64. The van der Waals surface area contributed by atoms with Crippen molar-refractivity contribution in [1.29, 1.82) is 0 Å². The highest BCUT2D eigenvalue weighted by Gasteiger charge is 2.54. The van der Waals surface area contributed by atoms with E-state index in [-0.39, 0.29) is 17.5 Å². The van der Waals surface area contributed by atoms with Gasteiger partial charge in [0.25, 0.3) is 0 Å². The third kappa shape index (κ3) is 7.38. The van der Waals surface area contributed by atoms with Crippen molar-refractivity contribution < 1.29 is 27.8 Å². The molecule has 2 rings (SSSR count). The molecule has 1 amide bonds. The van der Waals surface area contributed by atoms with Crippen LogP contribution in [0.1, 0.15) is 40.2 Å². The molecule has 6 nitrogen and oxygen atoms in total. The molecule has 1 aliphatic heterocycles. The number of hydrogen-bond acceptors (Lipinski definition) is 6. The van der Waals surface area contributed by atoms with E-state index in [0.29, 0.717) is 17.4 Å². The zero-order chi connectivity index (χ0) is 27.5. The summed E-state index contributed by atoms with van der Waals surface area (Å²) in [6.07, 6.45) is -0.0385. The van der Waals surface area contributed by atoms with Crippen LogP contribution in [0.15, 0.2) is 27.7 Å². The number of amidine groups is 1. The average molecular weight is 608 g/mol. The second kappa shape index (κ2) is 11.6. The predicted molar refractivity (Wildman–Crippen MR) is 147 cm³/mol. The van der Waals surface area contributed by atoms with Crippen molar-refractivity contribution in [2.75, 3.05) is 20.0 Å². The Morgan fingerprint density at radius 1 is 1.33 bits per heavy atom. The summed E-state index contributed by atoms with van der Waals surface area (Å²) in [7, 11) is -1.39. The predicted octanol–water partition coefficient (Wildman–Crippen LogP) is 7.00. The van der Waals surface area contributed by atoms with E-state index < -0.39 is 48.5 Å². The first-order valence-corrected chi connectivity index (χ1v) is 17.1. The van der Waals surface area contributed by atoms with Crippen LogP contribution in [0.5, 0.6) is 0 Å². The Morgan fingerprint density at radius 2 is 1.97 bits per heavy atom. The summed E-state index contributed by atoms with van der Waals surface area (Å²) < 4.78 is 40.9. The van der Waals surface area contributed by atoms with Crippen molar-refractivity contribution in [3.63, 3.8) is 0 Å². The fraction of sp³-hybridized carbons (Fsp3) is 0.640. The molecule has 0 saturated carbocycles. The lowest BCUT2D eigenvalue weighted by Crippen LogP contribution is -2.54. The molecule has 11 heteroatoms. The number of aldehydes is 1. The molecule has 0 bridgehead atoms. The maximum absolute atomic E-state index is 15.1. The van der Waals surface area contributed by atoms with Crippen LogP contribution in [-0.4, -0.2) is 60.9 Å². The van der Waals surface area contributed by atoms with E-state index in [2.05, 4.69) is 40.6 Å². The van der Waals surface area contributed by atoms with Crippen molar-refractivity contribution in [3.05, 3.63) is 34.1 Å². The summed E-state index contributed by atoms with van der Waals surface area (Å²) in [4.78, 5) is 31.4. The van der Waals surface area contributed by atoms with Crippen LogP contribution in [0.3, 0.4) is 0 Å². The van der Waals surface area contributed by atoms with Gasteiger partial charge in [0.05, 0.1) is 4.75 Å². The molecular formula is C25H37BrF2N2O4SSi. The first kappa shape index (κ1) is 30.9. The second-order valence-corrected chi connectivity index (χ2v) is 19.4. The van der Waals surface area contributed by atoms with Crippen molar-refractivity contribution in [3.8, 4) is 0 Å². The molecule has 0 fully saturated rings. The van der Waals surface area contributed by atoms with E-state index in [9.17, 15) is 9.59 Å². The fourth-order valence-electron chi connectivity index (χ4n) is 3.67. The van der Waals surface area contributed by atoms with Crippen LogP contribution >= 0.6 is 27.7 Å². The van der Waals surface area contributed by atoms with Gasteiger partial charge in [0.1, 0.15) is 36.6 Å². The van der Waals surface area contributed by atoms with Crippen LogP contribution in [0.4, 0.5) is 13.6 Å². The number of halogens is 3. The summed E-state index contributed by atoms with van der Waals surface area (Å²) in [5.74, 6) is -1.39. The Kier molecular flexibility index (Phi) is 9.97. The molecule has 1 aromatic carbocycles. The lowest BCUT2D eigenvalue weighted by atomic mass is 9.73. The highest BCUT2D eigenvalue weighted by Crippen LogP contribution is 2.51. The standard InChI is InChI=1S/C25H37BrF2N2O4SSi/c1-17-24(5,15-31)35-21(29-25(17,14-27)19-13-18(26)9-10-20(19)28)30(22(32)34-23(2,3)4)16-33-11-12-36(6,7)8/h9-10,13,15,17H,11-12,14,16H2,1-8H3/t17?,24-,25+/m1/s1. The zero-order valence-corrected chi connectivity index (χ0v) is 25.7. The van der Waals surface area contributed by atoms with E-state index in [1.807, 2.05) is 0 Å². The van der Waals surface area contributed by atoms with Gasteiger partial charge in [0, 0.05) is 30.6 Å². The van der Waals surface area contributed by atoms with Crippen molar-refractivity contribution >= 4 is 53.3 Å². The van der Waals surface area contributed by atoms with Crippen LogP contribution in [0, 0.1) is 11.7 Å². The molecule has 1 aromatic rings. The number of benzene rings is 1. The van der Waals surface area contributed by atoms with Crippen molar-refractivity contribution in [1.82, 2.24) is 4.90 Å². The van der Waals surface area contributed by atoms with Gasteiger partial charge >= 0.3 is 6.09 Å². The Hall–Kier alpha value is -1.30. The first-order chi connectivity index (χ1) is 16.5. The number of ether oxygens (including phenoxy) is 2. The topological polar surface area (TPSA) is 68.2 Å². The maximum Gasteiger partial charge on any atom is 0.418 e. The molecule has 0 saturated heterocycles. The minimum Gasteiger partial charge on any atom is -0.443 e. The van der Waals surface area contributed by atoms with Gasteiger partial charge in [-0.3, -0.25) is 0 Å². The number of carbonyl (C=O) groups is 2. The number of alkyl halides is 1. The monoisotopic (exact) mass is 606 g/mol. The number of rotatable bonds is 8. The molecule has 1 heterocycles. The molecule has 36 heavy (non-hydrogen) atoms. The van der Waals surface area contributed by atoms with E-state index in [1.165, 1.54) is 23.1 Å². The third-order valence-corrected chi connectivity index (χ3v) is 9.66. The summed E-state index contributed by atoms with van der Waals surface area (Å²) in [6.45, 7) is 14.3. The molecule has 0 aromatic heterocycles. The smallest absolute Gasteiger partial charge is 0.418 e. The lowest BCUT2D eigenvalue weighted by molar-refractivity contribution is -0.111. The van der Waals surface area contributed by atoms with Gasteiger partial charge in [-0.15, -0.1) is 0 Å². The van der Waals surface area contributed by atoms with Crippen LogP contribution in [0.2, 0.25) is 25.7 Å². The molecule has 0 aliphatic carbocycles. The minimum atomic E-state index is -1.75. The van der Waals surface area contributed by atoms with Gasteiger partial charge in [-0.1, -0.05) is 54.3 Å². The van der Waals surface area contributed by atoms with E-state index in [4.69, 9.17) is 9.47 Å². The van der Waals surface area contributed by atoms with Gasteiger partial charge in [-0.05, 0) is 51.9 Å². The van der Waals surface area contributed by atoms with Crippen molar-refractivity contribution in [2.24, 2.45) is 10.9 Å². The number of aliphatic imine (C=N–C) groups is 1. The Bertz CT molecular complexity index is 1000. The summed E-state index contributed by atoms with van der Waals surface area (Å²) in [6, 6.07) is 5.07. The molecule has 1 aliphatic rings. The summed E-state index contributed by atoms with van der Waals surface area (Å²) in [5.41, 5.74) is -2.56. The number of amides is 1. The van der Waals surface area contributed by atoms with Crippen molar-refractivity contribution in [2.45, 2.75) is 76.2 Å². The lowest BCUT2D eigenvalue weighted by Gasteiger charge is -2.47. The van der Waals surface area contributed by atoms with E-state index >= 15 is 8.78 Å². The molecule has 3 atom stereocenters. The average Bonchev–Trinajstić information content (AvgIpc) is 2.75. The summed E-state index contributed by atoms with van der Waals surface area (Å²) >= 11 is 4.35. The molecule has 0 N–H and O–H groups in total. The van der Waals surface area contributed by atoms with Gasteiger partial charge in [-0.25, -0.2) is 23.5 Å². The highest BCUT2D eigenvalue weighted by atomic mass is 79.9. The van der Waals surface area contributed by atoms with Gasteiger partial charge in [0.15, 0.2) is 5.17 Å². The number of carbonyl (C=O) groups excluding carboxylic acids is 2. The zero-order valence-electron chi connectivity index (χ0n) is 22.3. The minimum absolute atomic E-state index is 0.00143. The summed E-state index contributed by atoms with van der Waals surface area (Å²) in [5, 5.41) is 0.0435. The Morgan fingerprint density at radius 3 is 2.50 bits per heavy atom. The van der Waals surface area contributed by atoms with E-state index in [0.717, 1.165) is 17.8 Å². The largest absolute Gasteiger partial charge is 0.443 e. The number of nitrogens with zero attached hydrogens (tertiary/aromatic N) is 2. The highest BCUT2D eigenvalue weighted by molar-refractivity contribution is 9.10. The number of thioether (sulfide) groups is 1. The first-order valence-electron chi connectivity index (χ1n) is 11.8. The van der Waals surface area contributed by atoms with E-state index in [1.54, 1.807) is 34.6 Å². The van der Waals surface area contributed by atoms with Gasteiger partial charge in [0.2, 0.25) is 0 Å².